The first-order valence-corrected chi connectivity index (χ1v) is 6.18. The number of aryl methyl sites for hydroxylation is 1. The number of rotatable bonds is 5. The predicted octanol–water partition coefficient (Wildman–Crippen LogP) is 2.51. The maximum Gasteiger partial charge on any atom is 0.329 e. The minimum Gasteiger partial charge on any atom is -0.480 e. The van der Waals surface area contributed by atoms with E-state index in [2.05, 4.69) is 5.32 Å². The van der Waals surface area contributed by atoms with Gasteiger partial charge in [-0.25, -0.2) is 9.18 Å². The van der Waals surface area contributed by atoms with Crippen molar-refractivity contribution < 1.29 is 19.1 Å². The van der Waals surface area contributed by atoms with Gasteiger partial charge in [-0.05, 0) is 37.5 Å². The van der Waals surface area contributed by atoms with Crippen LogP contribution in [-0.4, -0.2) is 22.5 Å². The lowest BCUT2D eigenvalue weighted by molar-refractivity contribution is -0.144. The third-order valence-corrected chi connectivity index (χ3v) is 3.34. The maximum atomic E-state index is 13.7. The number of carbonyl (C=O) groups is 2. The number of nitrogens with one attached hydrogen (secondary N) is 1. The fourth-order valence-electron chi connectivity index (χ4n) is 1.87. The number of aliphatic carboxylic acids is 1. The van der Waals surface area contributed by atoms with Crippen molar-refractivity contribution in [3.63, 3.8) is 0 Å². The molecule has 0 aliphatic carbocycles. The van der Waals surface area contributed by atoms with Crippen LogP contribution in [0.4, 0.5) is 4.39 Å². The highest BCUT2D eigenvalue weighted by Gasteiger charge is 2.37. The molecule has 0 aliphatic heterocycles. The Labute approximate surface area is 111 Å². The van der Waals surface area contributed by atoms with Crippen molar-refractivity contribution in [2.75, 3.05) is 0 Å². The largest absolute Gasteiger partial charge is 0.480 e. The summed E-state index contributed by atoms with van der Waals surface area (Å²) < 4.78 is 13.7. The number of hydrogen-bond donors (Lipinski definition) is 2. The summed E-state index contributed by atoms with van der Waals surface area (Å²) in [7, 11) is 0. The third-order valence-electron chi connectivity index (χ3n) is 3.34. The first-order valence-electron chi connectivity index (χ1n) is 6.18. The SMILES string of the molecule is CCC(CC)(NC(=O)c1ccc(C)cc1F)C(=O)O. The Morgan fingerprint density at radius 3 is 2.32 bits per heavy atom. The number of carbonyl (C=O) groups excluding carboxylic acids is 1. The molecule has 0 atom stereocenters. The van der Waals surface area contributed by atoms with Crippen LogP contribution in [0.5, 0.6) is 0 Å². The van der Waals surface area contributed by atoms with Crippen molar-refractivity contribution in [1.82, 2.24) is 5.32 Å². The predicted molar refractivity (Wildman–Crippen MR) is 69.6 cm³/mol. The highest BCUT2D eigenvalue weighted by atomic mass is 19.1. The Hall–Kier alpha value is -1.91. The summed E-state index contributed by atoms with van der Waals surface area (Å²) in [5, 5.41) is 11.7. The molecule has 1 rings (SSSR count). The Balaban J connectivity index is 3.04. The van der Waals surface area contributed by atoms with E-state index in [9.17, 15) is 19.1 Å². The molecule has 0 fully saturated rings. The molecular formula is C14H18FNO3. The molecule has 0 saturated carbocycles. The second-order valence-corrected chi connectivity index (χ2v) is 4.53. The Morgan fingerprint density at radius 1 is 1.32 bits per heavy atom. The second-order valence-electron chi connectivity index (χ2n) is 4.53. The van der Waals surface area contributed by atoms with Crippen LogP contribution in [0.3, 0.4) is 0 Å². The van der Waals surface area contributed by atoms with Gasteiger partial charge < -0.3 is 10.4 Å². The number of carboxylic acids is 1. The van der Waals surface area contributed by atoms with E-state index in [4.69, 9.17) is 0 Å². The van der Waals surface area contributed by atoms with E-state index in [1.165, 1.54) is 12.1 Å². The summed E-state index contributed by atoms with van der Waals surface area (Å²) in [6, 6.07) is 4.21. The lowest BCUT2D eigenvalue weighted by Gasteiger charge is -2.28. The van der Waals surface area contributed by atoms with E-state index in [0.29, 0.717) is 5.56 Å². The number of carboxylic acid groups (broad SMARTS) is 1. The second kappa shape index (κ2) is 5.82. The Bertz CT molecular complexity index is 495. The number of benzene rings is 1. The minimum atomic E-state index is -1.35. The maximum absolute atomic E-state index is 13.7. The topological polar surface area (TPSA) is 66.4 Å². The molecular weight excluding hydrogens is 249 g/mol. The van der Waals surface area contributed by atoms with E-state index < -0.39 is 23.2 Å². The van der Waals surface area contributed by atoms with E-state index in [1.807, 2.05) is 0 Å². The normalized spacial score (nSPS) is 11.2. The van der Waals surface area contributed by atoms with Gasteiger partial charge in [0.2, 0.25) is 0 Å². The van der Waals surface area contributed by atoms with Gasteiger partial charge in [-0.2, -0.15) is 0 Å². The molecule has 0 radical (unpaired) electrons. The van der Waals surface area contributed by atoms with Crippen LogP contribution in [0, 0.1) is 12.7 Å². The van der Waals surface area contributed by atoms with Crippen molar-refractivity contribution in [1.29, 1.82) is 0 Å². The van der Waals surface area contributed by atoms with E-state index >= 15 is 0 Å². The highest BCUT2D eigenvalue weighted by Crippen LogP contribution is 2.18. The smallest absolute Gasteiger partial charge is 0.329 e. The van der Waals surface area contributed by atoms with Gasteiger partial charge in [0, 0.05) is 0 Å². The van der Waals surface area contributed by atoms with Crippen LogP contribution in [-0.2, 0) is 4.79 Å². The molecule has 5 heteroatoms. The monoisotopic (exact) mass is 267 g/mol. The lowest BCUT2D eigenvalue weighted by atomic mass is 9.92. The summed E-state index contributed by atoms with van der Waals surface area (Å²) in [5.74, 6) is -2.47. The molecule has 0 spiro atoms. The van der Waals surface area contributed by atoms with E-state index in [0.717, 1.165) is 0 Å². The first kappa shape index (κ1) is 15.1. The van der Waals surface area contributed by atoms with Crippen molar-refractivity contribution in [3.8, 4) is 0 Å². The molecule has 4 nitrogen and oxygen atoms in total. The zero-order valence-corrected chi connectivity index (χ0v) is 11.3. The number of amides is 1. The molecule has 2 N–H and O–H groups in total. The summed E-state index contributed by atoms with van der Waals surface area (Å²) in [6.07, 6.45) is 0.468. The van der Waals surface area contributed by atoms with Gasteiger partial charge in [0.05, 0.1) is 5.56 Å². The fraction of sp³-hybridized carbons (Fsp3) is 0.429. The highest BCUT2D eigenvalue weighted by molar-refractivity contribution is 5.98. The van der Waals surface area contributed by atoms with Crippen LogP contribution < -0.4 is 5.32 Å². The zero-order valence-electron chi connectivity index (χ0n) is 11.3. The summed E-state index contributed by atoms with van der Waals surface area (Å²) in [5.41, 5.74) is -0.795. The van der Waals surface area contributed by atoms with Gasteiger partial charge in [-0.1, -0.05) is 19.9 Å². The molecule has 1 aromatic carbocycles. The van der Waals surface area contributed by atoms with Gasteiger partial charge in [0.1, 0.15) is 11.4 Å². The van der Waals surface area contributed by atoms with Crippen LogP contribution in [0.15, 0.2) is 18.2 Å². The van der Waals surface area contributed by atoms with Gasteiger partial charge in [0.15, 0.2) is 0 Å². The molecule has 0 bridgehead atoms. The Kier molecular flexibility index (Phi) is 4.64. The van der Waals surface area contributed by atoms with E-state index in [1.54, 1.807) is 26.8 Å². The van der Waals surface area contributed by atoms with Gasteiger partial charge in [-0.3, -0.25) is 4.79 Å². The fourth-order valence-corrected chi connectivity index (χ4v) is 1.87. The lowest BCUT2D eigenvalue weighted by Crippen LogP contribution is -2.53. The van der Waals surface area contributed by atoms with Crippen LogP contribution in [0.25, 0.3) is 0 Å². The van der Waals surface area contributed by atoms with Crippen molar-refractivity contribution in [3.05, 3.63) is 35.1 Å². The number of hydrogen-bond acceptors (Lipinski definition) is 2. The van der Waals surface area contributed by atoms with Crippen molar-refractivity contribution in [2.45, 2.75) is 39.2 Å². The summed E-state index contributed by atoms with van der Waals surface area (Å²) >= 11 is 0. The molecule has 0 heterocycles. The van der Waals surface area contributed by atoms with Crippen molar-refractivity contribution >= 4 is 11.9 Å². The molecule has 0 aromatic heterocycles. The standard InChI is InChI=1S/C14H18FNO3/c1-4-14(5-2,13(18)19)16-12(17)10-7-6-9(3)8-11(10)15/h6-8H,4-5H2,1-3H3,(H,16,17)(H,18,19). The Morgan fingerprint density at radius 2 is 1.89 bits per heavy atom. The molecule has 0 aliphatic rings. The van der Waals surface area contributed by atoms with Crippen molar-refractivity contribution in [2.24, 2.45) is 0 Å². The summed E-state index contributed by atoms with van der Waals surface area (Å²) in [4.78, 5) is 23.3. The minimum absolute atomic E-state index is 0.141. The van der Waals surface area contributed by atoms with Gasteiger partial charge in [0.25, 0.3) is 5.91 Å². The van der Waals surface area contributed by atoms with Gasteiger partial charge >= 0.3 is 5.97 Å². The zero-order chi connectivity index (χ0) is 14.6. The number of halogens is 1. The molecule has 1 aromatic rings. The van der Waals surface area contributed by atoms with Crippen LogP contribution >= 0.6 is 0 Å². The molecule has 1 amide bonds. The average molecular weight is 267 g/mol. The third kappa shape index (κ3) is 3.10. The van der Waals surface area contributed by atoms with Crippen LogP contribution in [0.2, 0.25) is 0 Å². The van der Waals surface area contributed by atoms with Gasteiger partial charge in [-0.15, -0.1) is 0 Å². The molecule has 19 heavy (non-hydrogen) atoms. The summed E-state index contributed by atoms with van der Waals surface area (Å²) in [6.45, 7) is 5.05. The molecule has 104 valence electrons. The quantitative estimate of drug-likeness (QED) is 0.861. The average Bonchev–Trinajstić information content (AvgIpc) is 2.35. The molecule has 0 saturated heterocycles. The van der Waals surface area contributed by atoms with E-state index in [-0.39, 0.29) is 18.4 Å². The van der Waals surface area contributed by atoms with Crippen LogP contribution in [0.1, 0.15) is 42.6 Å². The first-order chi connectivity index (χ1) is 8.86. The molecule has 0 unspecified atom stereocenters.